The Kier molecular flexibility index (Phi) is 6.04. The van der Waals surface area contributed by atoms with Crippen LogP contribution < -0.4 is 9.47 Å². The zero-order chi connectivity index (χ0) is 20.1. The third kappa shape index (κ3) is 5.11. The fraction of sp³-hybridized carbons (Fsp3) is 0.0400. The standard InChI is InChI=1S/C25H18Cl2O2/c26-21-11-14-25(24(27)16-21)29-22-12-9-19(10-13-22)20-7-4-8-23(15-20)28-17-18-5-2-1-3-6-18/h1-16H,17H2. The van der Waals surface area contributed by atoms with E-state index in [0.717, 1.165) is 22.4 Å². The van der Waals surface area contributed by atoms with Crippen molar-refractivity contribution < 1.29 is 9.47 Å². The minimum atomic E-state index is 0.477. The van der Waals surface area contributed by atoms with Gasteiger partial charge in [-0.05, 0) is 59.2 Å². The fourth-order valence-corrected chi connectivity index (χ4v) is 3.35. The first kappa shape index (κ1) is 19.4. The van der Waals surface area contributed by atoms with Gasteiger partial charge in [0.1, 0.15) is 23.9 Å². The van der Waals surface area contributed by atoms with Crippen molar-refractivity contribution in [3.8, 4) is 28.4 Å². The Labute approximate surface area is 180 Å². The lowest BCUT2D eigenvalue weighted by molar-refractivity contribution is 0.306. The Bertz CT molecular complexity index is 1090. The molecular formula is C25H18Cl2O2. The monoisotopic (exact) mass is 420 g/mol. The van der Waals surface area contributed by atoms with Gasteiger partial charge in [-0.2, -0.15) is 0 Å². The summed E-state index contributed by atoms with van der Waals surface area (Å²) in [5, 5.41) is 1.05. The lowest BCUT2D eigenvalue weighted by Gasteiger charge is -2.10. The molecule has 0 fully saturated rings. The molecule has 0 N–H and O–H groups in total. The lowest BCUT2D eigenvalue weighted by Crippen LogP contribution is -1.95. The van der Waals surface area contributed by atoms with Crippen LogP contribution in [-0.4, -0.2) is 0 Å². The Hall–Kier alpha value is -2.94. The van der Waals surface area contributed by atoms with Crippen LogP contribution in [0.25, 0.3) is 11.1 Å². The first-order chi connectivity index (χ1) is 14.2. The Morgan fingerprint density at radius 1 is 0.621 bits per heavy atom. The smallest absolute Gasteiger partial charge is 0.146 e. The summed E-state index contributed by atoms with van der Waals surface area (Å²) < 4.78 is 11.8. The highest BCUT2D eigenvalue weighted by Gasteiger charge is 2.06. The maximum absolute atomic E-state index is 6.17. The fourth-order valence-electron chi connectivity index (χ4n) is 2.91. The molecule has 0 spiro atoms. The van der Waals surface area contributed by atoms with Crippen LogP contribution in [-0.2, 0) is 6.61 Å². The van der Waals surface area contributed by atoms with E-state index in [1.807, 2.05) is 60.7 Å². The van der Waals surface area contributed by atoms with Crippen LogP contribution in [0.3, 0.4) is 0 Å². The van der Waals surface area contributed by atoms with Crippen molar-refractivity contribution in [2.75, 3.05) is 0 Å². The highest BCUT2D eigenvalue weighted by atomic mass is 35.5. The van der Waals surface area contributed by atoms with Gasteiger partial charge in [-0.25, -0.2) is 0 Å². The summed E-state index contributed by atoms with van der Waals surface area (Å²) in [4.78, 5) is 0. The largest absolute Gasteiger partial charge is 0.489 e. The van der Waals surface area contributed by atoms with Crippen LogP contribution in [0.2, 0.25) is 10.0 Å². The zero-order valence-corrected chi connectivity index (χ0v) is 17.0. The number of hydrogen-bond donors (Lipinski definition) is 0. The van der Waals surface area contributed by atoms with Crippen LogP contribution in [0, 0.1) is 0 Å². The first-order valence-electron chi connectivity index (χ1n) is 9.17. The van der Waals surface area contributed by atoms with Gasteiger partial charge >= 0.3 is 0 Å². The van der Waals surface area contributed by atoms with E-state index in [-0.39, 0.29) is 0 Å². The van der Waals surface area contributed by atoms with E-state index < -0.39 is 0 Å². The van der Waals surface area contributed by atoms with Crippen LogP contribution in [0.4, 0.5) is 0 Å². The predicted molar refractivity (Wildman–Crippen MR) is 119 cm³/mol. The maximum atomic E-state index is 6.17. The molecule has 144 valence electrons. The molecule has 0 aliphatic rings. The summed E-state index contributed by atoms with van der Waals surface area (Å²) in [6, 6.07) is 31.2. The second-order valence-electron chi connectivity index (χ2n) is 6.50. The molecule has 4 heteroatoms. The molecule has 0 unspecified atom stereocenters. The number of ether oxygens (including phenoxy) is 2. The molecule has 0 saturated heterocycles. The molecule has 0 heterocycles. The van der Waals surface area contributed by atoms with E-state index in [0.29, 0.717) is 28.2 Å². The quantitative estimate of drug-likeness (QED) is 0.314. The third-order valence-corrected chi connectivity index (χ3v) is 4.92. The highest BCUT2D eigenvalue weighted by molar-refractivity contribution is 6.35. The molecule has 0 bridgehead atoms. The van der Waals surface area contributed by atoms with E-state index in [1.165, 1.54) is 0 Å². The molecule has 0 atom stereocenters. The Balaban J connectivity index is 1.46. The van der Waals surface area contributed by atoms with Gasteiger partial charge in [0.25, 0.3) is 0 Å². The van der Waals surface area contributed by atoms with E-state index in [9.17, 15) is 0 Å². The molecule has 4 rings (SSSR count). The zero-order valence-electron chi connectivity index (χ0n) is 15.5. The Morgan fingerprint density at radius 2 is 1.41 bits per heavy atom. The van der Waals surface area contributed by atoms with E-state index in [1.54, 1.807) is 18.2 Å². The molecule has 0 aromatic heterocycles. The molecule has 0 saturated carbocycles. The van der Waals surface area contributed by atoms with Gasteiger partial charge in [0.2, 0.25) is 0 Å². The van der Waals surface area contributed by atoms with Gasteiger partial charge in [0.15, 0.2) is 0 Å². The summed E-state index contributed by atoms with van der Waals surface area (Å²) in [5.41, 5.74) is 3.29. The molecule has 2 nitrogen and oxygen atoms in total. The average Bonchev–Trinajstić information content (AvgIpc) is 2.76. The Morgan fingerprint density at radius 3 is 2.17 bits per heavy atom. The van der Waals surface area contributed by atoms with Gasteiger partial charge in [0.05, 0.1) is 5.02 Å². The minimum absolute atomic E-state index is 0.477. The molecule has 4 aromatic rings. The van der Waals surface area contributed by atoms with Crippen LogP contribution >= 0.6 is 23.2 Å². The maximum Gasteiger partial charge on any atom is 0.146 e. The summed E-state index contributed by atoms with van der Waals surface area (Å²) in [5.74, 6) is 2.11. The normalized spacial score (nSPS) is 10.6. The topological polar surface area (TPSA) is 18.5 Å². The van der Waals surface area contributed by atoms with Gasteiger partial charge in [0, 0.05) is 5.02 Å². The van der Waals surface area contributed by atoms with Crippen molar-refractivity contribution in [3.63, 3.8) is 0 Å². The van der Waals surface area contributed by atoms with Gasteiger partial charge in [-0.3, -0.25) is 0 Å². The van der Waals surface area contributed by atoms with Crippen LogP contribution in [0.15, 0.2) is 97.1 Å². The number of hydrogen-bond acceptors (Lipinski definition) is 2. The number of benzene rings is 4. The molecule has 4 aromatic carbocycles. The SMILES string of the molecule is Clc1ccc(Oc2ccc(-c3cccc(OCc4ccccc4)c3)cc2)c(Cl)c1. The molecule has 0 radical (unpaired) electrons. The van der Waals surface area contributed by atoms with Crippen molar-refractivity contribution in [1.29, 1.82) is 0 Å². The summed E-state index contributed by atoms with van der Waals surface area (Å²) in [6.07, 6.45) is 0. The molecule has 29 heavy (non-hydrogen) atoms. The molecule has 0 aliphatic carbocycles. The summed E-state index contributed by atoms with van der Waals surface area (Å²) in [7, 11) is 0. The van der Waals surface area contributed by atoms with E-state index in [2.05, 4.69) is 18.2 Å². The van der Waals surface area contributed by atoms with Crippen LogP contribution in [0.1, 0.15) is 5.56 Å². The van der Waals surface area contributed by atoms with Crippen molar-refractivity contribution >= 4 is 23.2 Å². The second kappa shape index (κ2) is 9.04. The lowest BCUT2D eigenvalue weighted by atomic mass is 10.1. The van der Waals surface area contributed by atoms with Crippen molar-refractivity contribution in [1.82, 2.24) is 0 Å². The van der Waals surface area contributed by atoms with Crippen LogP contribution in [0.5, 0.6) is 17.2 Å². The van der Waals surface area contributed by atoms with Gasteiger partial charge in [-0.15, -0.1) is 0 Å². The second-order valence-corrected chi connectivity index (χ2v) is 7.35. The van der Waals surface area contributed by atoms with Gasteiger partial charge in [-0.1, -0.05) is 77.8 Å². The third-order valence-electron chi connectivity index (χ3n) is 4.39. The number of halogens is 2. The average molecular weight is 421 g/mol. The van der Waals surface area contributed by atoms with E-state index >= 15 is 0 Å². The molecule has 0 aliphatic heterocycles. The molecule has 0 amide bonds. The number of rotatable bonds is 6. The first-order valence-corrected chi connectivity index (χ1v) is 9.93. The van der Waals surface area contributed by atoms with Gasteiger partial charge < -0.3 is 9.47 Å². The molecular weight excluding hydrogens is 403 g/mol. The predicted octanol–water partition coefficient (Wildman–Crippen LogP) is 8.03. The summed E-state index contributed by atoms with van der Waals surface area (Å²) >= 11 is 12.1. The minimum Gasteiger partial charge on any atom is -0.489 e. The van der Waals surface area contributed by atoms with Crippen molar-refractivity contribution in [3.05, 3.63) is 113 Å². The van der Waals surface area contributed by atoms with Crippen molar-refractivity contribution in [2.45, 2.75) is 6.61 Å². The highest BCUT2D eigenvalue weighted by Crippen LogP contribution is 2.33. The van der Waals surface area contributed by atoms with E-state index in [4.69, 9.17) is 32.7 Å². The van der Waals surface area contributed by atoms with Crippen molar-refractivity contribution in [2.24, 2.45) is 0 Å². The summed E-state index contributed by atoms with van der Waals surface area (Å²) in [6.45, 7) is 0.541.